The molecule has 1 saturated heterocycles. The van der Waals surface area contributed by atoms with Crippen molar-refractivity contribution in [3.63, 3.8) is 0 Å². The molecule has 1 aromatic heterocycles. The Balaban J connectivity index is 1.68. The van der Waals surface area contributed by atoms with Crippen molar-refractivity contribution in [2.75, 3.05) is 13.1 Å². The van der Waals surface area contributed by atoms with Gasteiger partial charge in [-0.3, -0.25) is 4.79 Å². The van der Waals surface area contributed by atoms with Gasteiger partial charge in [-0.25, -0.2) is 9.07 Å². The largest absolute Gasteiger partial charge is 0.342 e. The number of nitrogens with zero attached hydrogens (tertiary/aromatic N) is 5. The van der Waals surface area contributed by atoms with Crippen LogP contribution in [0, 0.1) is 5.82 Å². The fourth-order valence-electron chi connectivity index (χ4n) is 2.91. The summed E-state index contributed by atoms with van der Waals surface area (Å²) in [6.07, 6.45) is 1.95. The molecule has 116 valence electrons. The van der Waals surface area contributed by atoms with Gasteiger partial charge in [-0.05, 0) is 34.9 Å². The van der Waals surface area contributed by atoms with Crippen LogP contribution in [-0.2, 0) is 18.3 Å². The van der Waals surface area contributed by atoms with Crippen molar-refractivity contribution in [1.29, 1.82) is 0 Å². The predicted molar refractivity (Wildman–Crippen MR) is 77.5 cm³/mol. The molecule has 22 heavy (non-hydrogen) atoms. The zero-order valence-corrected chi connectivity index (χ0v) is 12.4. The van der Waals surface area contributed by atoms with Crippen molar-refractivity contribution >= 4 is 5.91 Å². The molecule has 0 N–H and O–H groups in total. The number of hydrogen-bond donors (Lipinski definition) is 0. The summed E-state index contributed by atoms with van der Waals surface area (Å²) in [5, 5.41) is 11.5. The van der Waals surface area contributed by atoms with E-state index in [1.807, 2.05) is 0 Å². The summed E-state index contributed by atoms with van der Waals surface area (Å²) in [6, 6.07) is 6.41. The Labute approximate surface area is 127 Å². The first-order valence-corrected chi connectivity index (χ1v) is 7.38. The van der Waals surface area contributed by atoms with E-state index in [2.05, 4.69) is 15.5 Å². The van der Waals surface area contributed by atoms with Gasteiger partial charge in [0.1, 0.15) is 5.82 Å². The molecule has 1 amide bonds. The highest BCUT2D eigenvalue weighted by Crippen LogP contribution is 2.25. The molecule has 0 aliphatic carbocycles. The lowest BCUT2D eigenvalue weighted by molar-refractivity contribution is -0.131. The Bertz CT molecular complexity index is 671. The smallest absolute Gasteiger partial charge is 0.227 e. The van der Waals surface area contributed by atoms with Gasteiger partial charge in [0.15, 0.2) is 5.82 Å². The van der Waals surface area contributed by atoms with Gasteiger partial charge in [0.2, 0.25) is 5.91 Å². The molecule has 0 spiro atoms. The van der Waals surface area contributed by atoms with Gasteiger partial charge in [0.05, 0.1) is 6.42 Å². The lowest BCUT2D eigenvalue weighted by Crippen LogP contribution is -2.40. The highest BCUT2D eigenvalue weighted by molar-refractivity contribution is 5.79. The third-order valence-corrected chi connectivity index (χ3v) is 4.09. The molecule has 0 radical (unpaired) electrons. The molecule has 6 nitrogen and oxygen atoms in total. The minimum absolute atomic E-state index is 0.0510. The molecular formula is C15H18FN5O. The molecule has 1 aromatic carbocycles. The first kappa shape index (κ1) is 14.6. The molecule has 1 aliphatic rings. The van der Waals surface area contributed by atoms with Crippen molar-refractivity contribution in [3.05, 3.63) is 41.5 Å². The Kier molecular flexibility index (Phi) is 4.13. The fourth-order valence-corrected chi connectivity index (χ4v) is 2.91. The third kappa shape index (κ3) is 2.98. The van der Waals surface area contributed by atoms with Gasteiger partial charge in [0, 0.05) is 26.1 Å². The van der Waals surface area contributed by atoms with Crippen LogP contribution < -0.4 is 0 Å². The maximum atomic E-state index is 13.7. The number of carbonyl (C=O) groups excluding carboxylic acids is 1. The number of aryl methyl sites for hydroxylation is 1. The molecule has 1 unspecified atom stereocenters. The molecule has 2 heterocycles. The maximum absolute atomic E-state index is 13.7. The first-order valence-electron chi connectivity index (χ1n) is 7.38. The van der Waals surface area contributed by atoms with Crippen LogP contribution in [0.2, 0.25) is 0 Å². The summed E-state index contributed by atoms with van der Waals surface area (Å²) < 4.78 is 15.3. The van der Waals surface area contributed by atoms with E-state index in [0.717, 1.165) is 18.7 Å². The van der Waals surface area contributed by atoms with E-state index in [1.54, 1.807) is 34.8 Å². The second-order valence-electron chi connectivity index (χ2n) is 5.61. The van der Waals surface area contributed by atoms with Crippen LogP contribution in [0.3, 0.4) is 0 Å². The Morgan fingerprint density at radius 1 is 1.41 bits per heavy atom. The van der Waals surface area contributed by atoms with Crippen LogP contribution in [0.5, 0.6) is 0 Å². The van der Waals surface area contributed by atoms with Crippen LogP contribution in [0.4, 0.5) is 4.39 Å². The number of rotatable bonds is 3. The number of aromatic nitrogens is 4. The summed E-state index contributed by atoms with van der Waals surface area (Å²) in [6.45, 7) is 1.29. The van der Waals surface area contributed by atoms with E-state index in [4.69, 9.17) is 0 Å². The second kappa shape index (κ2) is 6.21. The van der Waals surface area contributed by atoms with Crippen molar-refractivity contribution in [2.45, 2.75) is 25.2 Å². The van der Waals surface area contributed by atoms with E-state index < -0.39 is 0 Å². The number of hydrogen-bond acceptors (Lipinski definition) is 4. The average Bonchev–Trinajstić information content (AvgIpc) is 2.96. The van der Waals surface area contributed by atoms with E-state index in [-0.39, 0.29) is 24.1 Å². The zero-order chi connectivity index (χ0) is 15.5. The highest BCUT2D eigenvalue weighted by atomic mass is 19.1. The molecular weight excluding hydrogens is 285 g/mol. The summed E-state index contributed by atoms with van der Waals surface area (Å²) in [5.74, 6) is 0.550. The quantitative estimate of drug-likeness (QED) is 0.857. The fraction of sp³-hybridized carbons (Fsp3) is 0.467. The van der Waals surface area contributed by atoms with Crippen molar-refractivity contribution in [3.8, 4) is 0 Å². The monoisotopic (exact) mass is 303 g/mol. The van der Waals surface area contributed by atoms with Crippen molar-refractivity contribution < 1.29 is 9.18 Å². The van der Waals surface area contributed by atoms with Crippen LogP contribution >= 0.6 is 0 Å². The van der Waals surface area contributed by atoms with Gasteiger partial charge < -0.3 is 4.90 Å². The summed E-state index contributed by atoms with van der Waals surface area (Å²) >= 11 is 0. The lowest BCUT2D eigenvalue weighted by Gasteiger charge is -2.32. The third-order valence-electron chi connectivity index (χ3n) is 4.09. The maximum Gasteiger partial charge on any atom is 0.227 e. The minimum atomic E-state index is -0.332. The normalized spacial score (nSPS) is 18.5. The SMILES string of the molecule is Cn1nnnc1C1CCCN(C(=O)Cc2ccccc2F)C1. The number of amides is 1. The number of benzene rings is 1. The summed E-state index contributed by atoms with van der Waals surface area (Å²) in [5.41, 5.74) is 0.440. The number of halogens is 1. The number of piperidine rings is 1. The standard InChI is InChI=1S/C15H18FN5O/c1-20-15(17-18-19-20)12-6-4-8-21(10-12)14(22)9-11-5-2-3-7-13(11)16/h2-3,5,7,12H,4,6,8-10H2,1H3. The van der Waals surface area contributed by atoms with Gasteiger partial charge in [0.25, 0.3) is 0 Å². The van der Waals surface area contributed by atoms with Crippen LogP contribution in [0.25, 0.3) is 0 Å². The molecule has 7 heteroatoms. The van der Waals surface area contributed by atoms with E-state index in [0.29, 0.717) is 18.7 Å². The second-order valence-corrected chi connectivity index (χ2v) is 5.61. The van der Waals surface area contributed by atoms with Crippen molar-refractivity contribution in [2.24, 2.45) is 7.05 Å². The molecule has 3 rings (SSSR count). The average molecular weight is 303 g/mol. The Hall–Kier alpha value is -2.31. The Morgan fingerprint density at radius 2 is 2.23 bits per heavy atom. The topological polar surface area (TPSA) is 63.9 Å². The first-order chi connectivity index (χ1) is 10.6. The van der Waals surface area contributed by atoms with Gasteiger partial charge in [-0.1, -0.05) is 18.2 Å². The van der Waals surface area contributed by atoms with Crippen LogP contribution in [0.1, 0.15) is 30.1 Å². The molecule has 1 atom stereocenters. The van der Waals surface area contributed by atoms with E-state index in [9.17, 15) is 9.18 Å². The van der Waals surface area contributed by atoms with Crippen LogP contribution in [0.15, 0.2) is 24.3 Å². The van der Waals surface area contributed by atoms with Gasteiger partial charge in [-0.15, -0.1) is 5.10 Å². The molecule has 1 aliphatic heterocycles. The van der Waals surface area contributed by atoms with Gasteiger partial charge in [-0.2, -0.15) is 0 Å². The van der Waals surface area contributed by atoms with Crippen LogP contribution in [-0.4, -0.2) is 44.1 Å². The number of carbonyl (C=O) groups is 1. The molecule has 1 fully saturated rings. The van der Waals surface area contributed by atoms with Crippen molar-refractivity contribution in [1.82, 2.24) is 25.1 Å². The number of tetrazole rings is 1. The summed E-state index contributed by atoms with van der Waals surface area (Å²) in [7, 11) is 1.80. The lowest BCUT2D eigenvalue weighted by atomic mass is 9.96. The molecule has 0 saturated carbocycles. The van der Waals surface area contributed by atoms with Gasteiger partial charge >= 0.3 is 0 Å². The minimum Gasteiger partial charge on any atom is -0.342 e. The Morgan fingerprint density at radius 3 is 2.95 bits per heavy atom. The summed E-state index contributed by atoms with van der Waals surface area (Å²) in [4.78, 5) is 14.2. The number of likely N-dealkylation sites (tertiary alicyclic amines) is 1. The van der Waals surface area contributed by atoms with E-state index >= 15 is 0 Å². The predicted octanol–water partition coefficient (Wildman–Crippen LogP) is 1.30. The molecule has 0 bridgehead atoms. The highest BCUT2D eigenvalue weighted by Gasteiger charge is 2.28. The zero-order valence-electron chi connectivity index (χ0n) is 12.4. The molecule has 2 aromatic rings. The van der Waals surface area contributed by atoms with E-state index in [1.165, 1.54) is 6.07 Å².